The molecule has 0 saturated heterocycles. The van der Waals surface area contributed by atoms with Crippen LogP contribution in [0.25, 0.3) is 0 Å². The third-order valence-corrected chi connectivity index (χ3v) is 2.65. The van der Waals surface area contributed by atoms with Crippen LogP contribution in [-0.2, 0) is 9.53 Å². The third kappa shape index (κ3) is 2.80. The number of methoxy groups -OCH3 is 1. The predicted octanol–water partition coefficient (Wildman–Crippen LogP) is 1.59. The molecule has 0 saturated carbocycles. The molecule has 0 amide bonds. The van der Waals surface area contributed by atoms with E-state index < -0.39 is 0 Å². The maximum atomic E-state index is 11.8. The van der Waals surface area contributed by atoms with Gasteiger partial charge in [-0.25, -0.2) is 0 Å². The summed E-state index contributed by atoms with van der Waals surface area (Å²) in [5.41, 5.74) is 0.517. The molecule has 0 bridgehead atoms. The number of esters is 1. The van der Waals surface area contributed by atoms with Crippen LogP contribution in [0.4, 0.5) is 0 Å². The Hall–Kier alpha value is -2.04. The van der Waals surface area contributed by atoms with E-state index in [2.05, 4.69) is 4.74 Å². The molecule has 1 aliphatic rings. The highest BCUT2D eigenvalue weighted by Gasteiger charge is 2.15. The van der Waals surface area contributed by atoms with Gasteiger partial charge < -0.3 is 14.2 Å². The molecule has 1 heterocycles. The number of Topliss-reactive ketones (excluding diaryl/α,β-unsaturated/α-hetero) is 1. The minimum atomic E-state index is -0.388. The summed E-state index contributed by atoms with van der Waals surface area (Å²) in [5, 5.41) is 0. The molecule has 1 aromatic rings. The average Bonchev–Trinajstić information content (AvgIpc) is 2.43. The number of carbonyl (C=O) groups is 2. The maximum Gasteiger partial charge on any atom is 0.305 e. The van der Waals surface area contributed by atoms with Crippen molar-refractivity contribution in [2.75, 3.05) is 20.3 Å². The number of rotatable bonds is 4. The minimum Gasteiger partial charge on any atom is -0.486 e. The van der Waals surface area contributed by atoms with Gasteiger partial charge in [-0.2, -0.15) is 0 Å². The summed E-state index contributed by atoms with van der Waals surface area (Å²) >= 11 is 0. The SMILES string of the molecule is COC(=O)CCC(=O)c1ccc2c(c1)OCCO2. The summed E-state index contributed by atoms with van der Waals surface area (Å²) in [7, 11) is 1.30. The van der Waals surface area contributed by atoms with E-state index >= 15 is 0 Å². The molecule has 96 valence electrons. The van der Waals surface area contributed by atoms with Crippen molar-refractivity contribution >= 4 is 11.8 Å². The van der Waals surface area contributed by atoms with Crippen molar-refractivity contribution in [2.24, 2.45) is 0 Å². The van der Waals surface area contributed by atoms with Gasteiger partial charge in [-0.3, -0.25) is 9.59 Å². The lowest BCUT2D eigenvalue weighted by molar-refractivity contribution is -0.140. The fourth-order valence-corrected chi connectivity index (χ4v) is 1.68. The Balaban J connectivity index is 2.04. The molecule has 0 atom stereocenters. The lowest BCUT2D eigenvalue weighted by atomic mass is 10.1. The summed E-state index contributed by atoms with van der Waals surface area (Å²) in [4.78, 5) is 22.8. The second kappa shape index (κ2) is 5.53. The first-order valence-electron chi connectivity index (χ1n) is 5.70. The van der Waals surface area contributed by atoms with Gasteiger partial charge in [0.25, 0.3) is 0 Å². The fourth-order valence-electron chi connectivity index (χ4n) is 1.68. The van der Waals surface area contributed by atoms with Gasteiger partial charge in [-0.15, -0.1) is 0 Å². The topological polar surface area (TPSA) is 61.8 Å². The zero-order valence-electron chi connectivity index (χ0n) is 10.1. The molecule has 5 nitrogen and oxygen atoms in total. The molecule has 0 aromatic heterocycles. The number of carbonyl (C=O) groups excluding carboxylic acids is 2. The fraction of sp³-hybridized carbons (Fsp3) is 0.385. The number of hydrogen-bond donors (Lipinski definition) is 0. The number of hydrogen-bond acceptors (Lipinski definition) is 5. The van der Waals surface area contributed by atoms with E-state index in [0.29, 0.717) is 30.3 Å². The van der Waals surface area contributed by atoms with Gasteiger partial charge in [-0.1, -0.05) is 0 Å². The normalized spacial score (nSPS) is 12.9. The van der Waals surface area contributed by atoms with Crippen molar-refractivity contribution < 1.29 is 23.8 Å². The Morgan fingerprint density at radius 2 is 1.89 bits per heavy atom. The smallest absolute Gasteiger partial charge is 0.305 e. The Morgan fingerprint density at radius 1 is 1.17 bits per heavy atom. The zero-order valence-corrected chi connectivity index (χ0v) is 10.1. The Kier molecular flexibility index (Phi) is 3.82. The molecule has 0 unspecified atom stereocenters. The summed E-state index contributed by atoms with van der Waals surface area (Å²) in [6.07, 6.45) is 0.218. The van der Waals surface area contributed by atoms with Crippen LogP contribution in [0, 0.1) is 0 Å². The maximum absolute atomic E-state index is 11.8. The lowest BCUT2D eigenvalue weighted by Gasteiger charge is -2.18. The van der Waals surface area contributed by atoms with E-state index in [-0.39, 0.29) is 24.6 Å². The van der Waals surface area contributed by atoms with E-state index in [9.17, 15) is 9.59 Å². The van der Waals surface area contributed by atoms with Gasteiger partial charge in [0.1, 0.15) is 13.2 Å². The molecule has 0 aliphatic carbocycles. The summed E-state index contributed by atoms with van der Waals surface area (Å²) < 4.78 is 15.2. The Bertz CT molecular complexity index is 466. The van der Waals surface area contributed by atoms with Crippen LogP contribution in [0.1, 0.15) is 23.2 Å². The summed E-state index contributed by atoms with van der Waals surface area (Å²) in [6, 6.07) is 5.03. The number of benzene rings is 1. The van der Waals surface area contributed by atoms with Crippen molar-refractivity contribution in [1.29, 1.82) is 0 Å². The number of ketones is 1. The number of ether oxygens (including phenoxy) is 3. The van der Waals surface area contributed by atoms with Crippen LogP contribution in [0.15, 0.2) is 18.2 Å². The molecular weight excluding hydrogens is 236 g/mol. The van der Waals surface area contributed by atoms with Crippen molar-refractivity contribution in [3.63, 3.8) is 0 Å². The van der Waals surface area contributed by atoms with Crippen LogP contribution in [0.2, 0.25) is 0 Å². The molecule has 0 fully saturated rings. The van der Waals surface area contributed by atoms with E-state index in [1.807, 2.05) is 0 Å². The Labute approximate surface area is 105 Å². The second-order valence-electron chi connectivity index (χ2n) is 3.86. The van der Waals surface area contributed by atoms with Gasteiger partial charge in [-0.05, 0) is 18.2 Å². The van der Waals surface area contributed by atoms with Crippen LogP contribution >= 0.6 is 0 Å². The van der Waals surface area contributed by atoms with E-state index in [4.69, 9.17) is 9.47 Å². The van der Waals surface area contributed by atoms with Crippen LogP contribution in [0.5, 0.6) is 11.5 Å². The Morgan fingerprint density at radius 3 is 2.61 bits per heavy atom. The summed E-state index contributed by atoms with van der Waals surface area (Å²) in [5.74, 6) is 0.717. The standard InChI is InChI=1S/C13H14O5/c1-16-13(15)5-3-10(14)9-2-4-11-12(8-9)18-7-6-17-11/h2,4,8H,3,5-7H2,1H3. The molecule has 2 rings (SSSR count). The molecule has 1 aliphatic heterocycles. The summed E-state index contributed by atoms with van der Waals surface area (Å²) in [6.45, 7) is 0.995. The van der Waals surface area contributed by atoms with Crippen LogP contribution in [0.3, 0.4) is 0 Å². The second-order valence-corrected chi connectivity index (χ2v) is 3.86. The van der Waals surface area contributed by atoms with Gasteiger partial charge >= 0.3 is 5.97 Å². The van der Waals surface area contributed by atoms with E-state index in [0.717, 1.165) is 0 Å². The van der Waals surface area contributed by atoms with Gasteiger partial charge in [0.15, 0.2) is 17.3 Å². The molecule has 0 spiro atoms. The van der Waals surface area contributed by atoms with Crippen LogP contribution < -0.4 is 9.47 Å². The predicted molar refractivity (Wildman–Crippen MR) is 63.0 cm³/mol. The first-order chi connectivity index (χ1) is 8.70. The highest BCUT2D eigenvalue weighted by Crippen LogP contribution is 2.31. The van der Waals surface area contributed by atoms with Crippen LogP contribution in [-0.4, -0.2) is 32.1 Å². The molecule has 0 radical (unpaired) electrons. The quantitative estimate of drug-likeness (QED) is 0.600. The average molecular weight is 250 g/mol. The number of fused-ring (bicyclic) bond motifs is 1. The van der Waals surface area contributed by atoms with Crippen molar-refractivity contribution in [3.8, 4) is 11.5 Å². The molecule has 0 N–H and O–H groups in total. The van der Waals surface area contributed by atoms with E-state index in [1.54, 1.807) is 18.2 Å². The molecule has 5 heteroatoms. The minimum absolute atomic E-state index is 0.0871. The first-order valence-corrected chi connectivity index (χ1v) is 5.70. The highest BCUT2D eigenvalue weighted by atomic mass is 16.6. The lowest BCUT2D eigenvalue weighted by Crippen LogP contribution is -2.16. The van der Waals surface area contributed by atoms with Crippen molar-refractivity contribution in [1.82, 2.24) is 0 Å². The first kappa shape index (κ1) is 12.4. The third-order valence-electron chi connectivity index (χ3n) is 2.65. The van der Waals surface area contributed by atoms with Crippen molar-refractivity contribution in [2.45, 2.75) is 12.8 Å². The monoisotopic (exact) mass is 250 g/mol. The van der Waals surface area contributed by atoms with E-state index in [1.165, 1.54) is 7.11 Å². The largest absolute Gasteiger partial charge is 0.486 e. The van der Waals surface area contributed by atoms with Gasteiger partial charge in [0, 0.05) is 12.0 Å². The van der Waals surface area contributed by atoms with Gasteiger partial charge in [0.2, 0.25) is 0 Å². The van der Waals surface area contributed by atoms with Gasteiger partial charge in [0.05, 0.1) is 13.5 Å². The molecular formula is C13H14O5. The highest BCUT2D eigenvalue weighted by molar-refractivity contribution is 5.98. The zero-order chi connectivity index (χ0) is 13.0. The molecule has 18 heavy (non-hydrogen) atoms. The molecule has 1 aromatic carbocycles. The van der Waals surface area contributed by atoms with Crippen molar-refractivity contribution in [3.05, 3.63) is 23.8 Å².